The van der Waals surface area contributed by atoms with Crippen molar-refractivity contribution in [1.82, 2.24) is 5.48 Å². The molecule has 22 heavy (non-hydrogen) atoms. The molecule has 1 aliphatic rings. The van der Waals surface area contributed by atoms with Gasteiger partial charge in [-0.2, -0.15) is 0 Å². The average molecular weight is 319 g/mol. The Morgan fingerprint density at radius 3 is 2.82 bits per heavy atom. The molecule has 3 rings (SSSR count). The highest BCUT2D eigenvalue weighted by Crippen LogP contribution is 2.42. The van der Waals surface area contributed by atoms with Gasteiger partial charge in [0.1, 0.15) is 11.6 Å². The number of furan rings is 1. The number of rotatable bonds is 4. The Hall–Kier alpha value is -2.11. The third-order valence-corrected chi connectivity index (χ3v) is 4.19. The molecular weight excluding hydrogens is 304 g/mol. The summed E-state index contributed by atoms with van der Waals surface area (Å²) in [6.45, 7) is 0. The molecule has 0 amide bonds. The van der Waals surface area contributed by atoms with Gasteiger partial charge in [0, 0.05) is 30.0 Å². The molecule has 114 valence electrons. The summed E-state index contributed by atoms with van der Waals surface area (Å²) in [5.74, 6) is 0.902. The molecule has 2 N–H and O–H groups in total. The maximum Gasteiger partial charge on any atom is 0.166 e. The van der Waals surface area contributed by atoms with E-state index in [2.05, 4.69) is 4.99 Å². The van der Waals surface area contributed by atoms with E-state index < -0.39 is 0 Å². The van der Waals surface area contributed by atoms with E-state index in [1.807, 2.05) is 11.5 Å². The molecule has 1 fully saturated rings. The van der Waals surface area contributed by atoms with Crippen LogP contribution in [-0.2, 0) is 0 Å². The van der Waals surface area contributed by atoms with Crippen LogP contribution in [0.25, 0.3) is 11.3 Å². The molecule has 0 bridgehead atoms. The molecule has 1 aromatic heterocycles. The van der Waals surface area contributed by atoms with Crippen molar-refractivity contribution in [2.24, 2.45) is 16.8 Å². The molecule has 2 aromatic rings. The molecule has 0 radical (unpaired) electrons. The van der Waals surface area contributed by atoms with E-state index in [-0.39, 0.29) is 17.6 Å². The van der Waals surface area contributed by atoms with Crippen molar-refractivity contribution in [1.29, 1.82) is 0 Å². The Labute approximate surface area is 132 Å². The topological polar surface area (TPSA) is 74.8 Å². The van der Waals surface area contributed by atoms with Gasteiger partial charge < -0.3 is 4.42 Å². The molecule has 2 atom stereocenters. The van der Waals surface area contributed by atoms with Gasteiger partial charge in [0.05, 0.1) is 11.3 Å². The van der Waals surface area contributed by atoms with Gasteiger partial charge >= 0.3 is 0 Å². The van der Waals surface area contributed by atoms with Crippen molar-refractivity contribution in [3.8, 4) is 11.3 Å². The highest BCUT2D eigenvalue weighted by atomic mass is 35.5. The zero-order chi connectivity index (χ0) is 15.7. The summed E-state index contributed by atoms with van der Waals surface area (Å²) in [6.07, 6.45) is 2.25. The van der Waals surface area contributed by atoms with Crippen LogP contribution in [0.15, 0.2) is 46.0 Å². The van der Waals surface area contributed by atoms with E-state index >= 15 is 0 Å². The van der Waals surface area contributed by atoms with Gasteiger partial charge in [0.15, 0.2) is 5.78 Å². The lowest BCUT2D eigenvalue weighted by Crippen LogP contribution is -2.23. The monoisotopic (exact) mass is 318 g/mol. The van der Waals surface area contributed by atoms with Crippen molar-refractivity contribution in [2.75, 3.05) is 7.05 Å². The molecular formula is C16H15ClN2O3. The fraction of sp³-hybridized carbons (Fsp3) is 0.250. The van der Waals surface area contributed by atoms with Crippen LogP contribution in [0.1, 0.15) is 16.8 Å². The lowest BCUT2D eigenvalue weighted by Gasteiger charge is -2.06. The SMILES string of the molecule is CN=C(NO)[C@H]1C[C@@H]1C(=O)c1ccc(-c2ccco2)c(Cl)c1. The molecule has 1 aliphatic carbocycles. The fourth-order valence-corrected chi connectivity index (χ4v) is 2.87. The molecule has 1 saturated carbocycles. The zero-order valence-corrected chi connectivity index (χ0v) is 12.7. The minimum absolute atomic E-state index is 0.00861. The second kappa shape index (κ2) is 5.94. The van der Waals surface area contributed by atoms with Gasteiger partial charge in [0.2, 0.25) is 0 Å². The Morgan fingerprint density at radius 2 is 2.23 bits per heavy atom. The van der Waals surface area contributed by atoms with E-state index in [1.165, 1.54) is 0 Å². The van der Waals surface area contributed by atoms with Gasteiger partial charge in [0.25, 0.3) is 0 Å². The number of hydrogen-bond donors (Lipinski definition) is 2. The predicted molar refractivity (Wildman–Crippen MR) is 83.4 cm³/mol. The van der Waals surface area contributed by atoms with Gasteiger partial charge in [-0.1, -0.05) is 17.7 Å². The minimum atomic E-state index is -0.163. The first-order valence-corrected chi connectivity index (χ1v) is 7.28. The highest BCUT2D eigenvalue weighted by molar-refractivity contribution is 6.33. The van der Waals surface area contributed by atoms with E-state index in [0.29, 0.717) is 28.6 Å². The summed E-state index contributed by atoms with van der Waals surface area (Å²) in [7, 11) is 1.58. The molecule has 0 spiro atoms. The number of hydrogen-bond acceptors (Lipinski definition) is 4. The molecule has 1 aromatic carbocycles. The molecule has 6 heteroatoms. The quantitative estimate of drug-likeness (QED) is 0.392. The number of amidine groups is 1. The Morgan fingerprint density at radius 1 is 1.41 bits per heavy atom. The molecule has 1 heterocycles. The second-order valence-electron chi connectivity index (χ2n) is 5.21. The van der Waals surface area contributed by atoms with Gasteiger partial charge in [-0.3, -0.25) is 20.5 Å². The maximum atomic E-state index is 12.5. The number of carbonyl (C=O) groups is 1. The average Bonchev–Trinajstić information content (AvgIpc) is 3.11. The lowest BCUT2D eigenvalue weighted by molar-refractivity contribution is 0.0964. The van der Waals surface area contributed by atoms with Crippen molar-refractivity contribution < 1.29 is 14.4 Å². The molecule has 0 aliphatic heterocycles. The Bertz CT molecular complexity index is 725. The van der Waals surface area contributed by atoms with Crippen LogP contribution in [0, 0.1) is 11.8 Å². The van der Waals surface area contributed by atoms with E-state index in [9.17, 15) is 4.79 Å². The first-order chi connectivity index (χ1) is 10.7. The van der Waals surface area contributed by atoms with Crippen LogP contribution in [-0.4, -0.2) is 23.9 Å². The first-order valence-electron chi connectivity index (χ1n) is 6.90. The molecule has 0 unspecified atom stereocenters. The van der Waals surface area contributed by atoms with Crippen LogP contribution in [0.4, 0.5) is 0 Å². The Kier molecular flexibility index (Phi) is 4.00. The number of hydroxylamine groups is 1. The van der Waals surface area contributed by atoms with E-state index in [1.54, 1.807) is 37.6 Å². The smallest absolute Gasteiger partial charge is 0.166 e. The van der Waals surface area contributed by atoms with Crippen LogP contribution in [0.2, 0.25) is 5.02 Å². The van der Waals surface area contributed by atoms with Gasteiger partial charge in [-0.25, -0.2) is 0 Å². The normalized spacial score (nSPS) is 20.8. The number of Topliss-reactive ketones (excluding diaryl/α,β-unsaturated/α-hetero) is 1. The van der Waals surface area contributed by atoms with Crippen molar-refractivity contribution in [3.05, 3.63) is 47.2 Å². The van der Waals surface area contributed by atoms with E-state index in [4.69, 9.17) is 21.2 Å². The van der Waals surface area contributed by atoms with Crippen LogP contribution in [0.3, 0.4) is 0 Å². The summed E-state index contributed by atoms with van der Waals surface area (Å²) in [4.78, 5) is 16.4. The summed E-state index contributed by atoms with van der Waals surface area (Å²) in [5.41, 5.74) is 3.36. The predicted octanol–water partition coefficient (Wildman–Crippen LogP) is 3.43. The largest absolute Gasteiger partial charge is 0.464 e. The number of ketones is 1. The first kappa shape index (κ1) is 14.8. The number of nitrogens with zero attached hydrogens (tertiary/aromatic N) is 1. The Balaban J connectivity index is 1.79. The minimum Gasteiger partial charge on any atom is -0.464 e. The van der Waals surface area contributed by atoms with Crippen LogP contribution >= 0.6 is 11.6 Å². The molecule has 0 saturated heterocycles. The number of nitrogens with one attached hydrogen (secondary N) is 1. The molecule has 5 nitrogen and oxygen atoms in total. The number of halogens is 1. The summed E-state index contributed by atoms with van der Waals surface area (Å²) >= 11 is 6.26. The van der Waals surface area contributed by atoms with Gasteiger partial charge in [-0.05, 0) is 30.7 Å². The third kappa shape index (κ3) is 2.65. The highest BCUT2D eigenvalue weighted by Gasteiger charge is 2.46. The van der Waals surface area contributed by atoms with Crippen LogP contribution in [0.5, 0.6) is 0 Å². The second-order valence-corrected chi connectivity index (χ2v) is 5.61. The standard InChI is InChI=1S/C16H15ClN2O3/c1-18-16(19-21)12-8-11(12)15(20)9-4-5-10(13(17)7-9)14-3-2-6-22-14/h2-7,11-12,21H,8H2,1H3,(H,18,19)/t11-,12-/m0/s1. The zero-order valence-electron chi connectivity index (χ0n) is 11.9. The van der Waals surface area contributed by atoms with Crippen LogP contribution < -0.4 is 5.48 Å². The van der Waals surface area contributed by atoms with Crippen molar-refractivity contribution in [2.45, 2.75) is 6.42 Å². The third-order valence-electron chi connectivity index (χ3n) is 3.87. The number of benzene rings is 1. The summed E-state index contributed by atoms with van der Waals surface area (Å²) < 4.78 is 5.32. The fourth-order valence-electron chi connectivity index (χ4n) is 2.60. The number of carbonyl (C=O) groups excluding carboxylic acids is 1. The van der Waals surface area contributed by atoms with Gasteiger partial charge in [-0.15, -0.1) is 0 Å². The lowest BCUT2D eigenvalue weighted by atomic mass is 10.0. The number of aliphatic imine (C=N–C) groups is 1. The summed E-state index contributed by atoms with van der Waals surface area (Å²) in [5, 5.41) is 9.44. The van der Waals surface area contributed by atoms with E-state index in [0.717, 1.165) is 5.56 Å². The van der Waals surface area contributed by atoms with Crippen molar-refractivity contribution in [3.63, 3.8) is 0 Å². The van der Waals surface area contributed by atoms with Crippen molar-refractivity contribution >= 4 is 23.2 Å². The maximum absolute atomic E-state index is 12.5. The summed E-state index contributed by atoms with van der Waals surface area (Å²) in [6, 6.07) is 8.79.